The number of hydrogen-bond donors (Lipinski definition) is 13. The summed E-state index contributed by atoms with van der Waals surface area (Å²) in [5.74, 6) is -6.50. The molecule has 2 aliphatic heterocycles. The minimum atomic E-state index is -3.96. The predicted octanol–water partition coefficient (Wildman–Crippen LogP) is -7.50. The van der Waals surface area contributed by atoms with Crippen molar-refractivity contribution in [2.45, 2.75) is 111 Å². The first-order valence-corrected chi connectivity index (χ1v) is 14.6. The zero-order valence-electron chi connectivity index (χ0n) is 24.4. The Morgan fingerprint density at radius 3 is 2.11 bits per heavy atom. The van der Waals surface area contributed by atoms with Crippen molar-refractivity contribution >= 4 is 5.78 Å². The Morgan fingerprint density at radius 1 is 0.889 bits per heavy atom. The van der Waals surface area contributed by atoms with Gasteiger partial charge in [0.15, 0.2) is 24.5 Å². The average Bonchev–Trinajstić information content (AvgIpc) is 3.01. The highest BCUT2D eigenvalue weighted by Crippen LogP contribution is 2.36. The lowest BCUT2D eigenvalue weighted by molar-refractivity contribution is -0.323. The van der Waals surface area contributed by atoms with Gasteiger partial charge in [0.1, 0.15) is 48.8 Å². The van der Waals surface area contributed by atoms with Crippen LogP contribution in [0.15, 0.2) is 0 Å². The van der Waals surface area contributed by atoms with E-state index in [-0.39, 0.29) is 26.1 Å². The summed E-state index contributed by atoms with van der Waals surface area (Å²) in [5.41, 5.74) is 23.2. The quantitative estimate of drug-likeness (QED) is 0.0767. The molecule has 2 unspecified atom stereocenters. The molecule has 264 valence electrons. The number of hydrogen-bond acceptors (Lipinski definition) is 18. The van der Waals surface area contributed by atoms with Gasteiger partial charge in [0.2, 0.25) is 0 Å². The van der Waals surface area contributed by atoms with Crippen molar-refractivity contribution in [2.75, 3.05) is 32.8 Å². The molecule has 3 rings (SSSR count). The third-order valence-corrected chi connectivity index (χ3v) is 8.48. The molecule has 18 nitrogen and oxygen atoms in total. The molecule has 0 amide bonds. The van der Waals surface area contributed by atoms with Gasteiger partial charge in [-0.05, 0) is 12.3 Å². The van der Waals surface area contributed by atoms with Gasteiger partial charge in [-0.1, -0.05) is 0 Å². The molecular formula is C25H47F2N5O13. The van der Waals surface area contributed by atoms with E-state index in [1.54, 1.807) is 0 Å². The topological polar surface area (TPSA) is 332 Å². The predicted molar refractivity (Wildman–Crippen MR) is 146 cm³/mol. The third-order valence-electron chi connectivity index (χ3n) is 8.48. The lowest BCUT2D eigenvalue weighted by Crippen LogP contribution is -2.68. The highest BCUT2D eigenvalue weighted by Gasteiger charge is 2.53. The fraction of sp³-hybridized carbons (Fsp3) is 0.960. The van der Waals surface area contributed by atoms with Gasteiger partial charge in [-0.25, -0.2) is 8.78 Å². The van der Waals surface area contributed by atoms with Crippen LogP contribution < -0.4 is 28.3 Å². The summed E-state index contributed by atoms with van der Waals surface area (Å²) in [5, 5.41) is 84.6. The Kier molecular flexibility index (Phi) is 13.9. The molecule has 2 saturated heterocycles. The third kappa shape index (κ3) is 8.66. The number of carbonyl (C=O) groups excluding carboxylic acids is 1. The van der Waals surface area contributed by atoms with Crippen molar-refractivity contribution in [1.29, 1.82) is 0 Å². The zero-order valence-corrected chi connectivity index (χ0v) is 24.4. The molecule has 0 aromatic heterocycles. The number of ketones is 1. The second kappa shape index (κ2) is 16.3. The smallest absolute Gasteiger partial charge is 0.292 e. The Balaban J connectivity index is 1.87. The number of nitrogens with two attached hydrogens (primary N) is 4. The van der Waals surface area contributed by atoms with Crippen LogP contribution in [-0.4, -0.2) is 177 Å². The Hall–Kier alpha value is -1.15. The van der Waals surface area contributed by atoms with E-state index >= 15 is 0 Å². The summed E-state index contributed by atoms with van der Waals surface area (Å²) in [7, 11) is 0. The fourth-order valence-electron chi connectivity index (χ4n) is 5.73. The van der Waals surface area contributed by atoms with Crippen molar-refractivity contribution in [3.8, 4) is 0 Å². The van der Waals surface area contributed by atoms with Gasteiger partial charge in [0, 0.05) is 25.6 Å². The summed E-state index contributed by atoms with van der Waals surface area (Å²) in [6.45, 7) is -2.18. The molecule has 0 aromatic carbocycles. The Morgan fingerprint density at radius 2 is 1.51 bits per heavy atom. The number of nitrogens with one attached hydrogen (secondary N) is 1. The Bertz CT molecular complexity index is 948. The number of halogens is 2. The van der Waals surface area contributed by atoms with E-state index in [1.165, 1.54) is 0 Å². The number of alkyl halides is 2. The van der Waals surface area contributed by atoms with Gasteiger partial charge < -0.3 is 88.1 Å². The van der Waals surface area contributed by atoms with Gasteiger partial charge >= 0.3 is 0 Å². The van der Waals surface area contributed by atoms with E-state index in [1.807, 2.05) is 0 Å². The SMILES string of the molecule is NCC(F)(F)C(O)C(=O)C[C@@H]1C[C@H](N)C(O[C@H]2O[C@H](CNCCO)[C@@H](O)[C@H](O)[C@H]2N)[C@H](O)[C@H]1O[C@H]1O[C@H](CO)[C@@H](O)[C@H](N)[C@H]1O. The van der Waals surface area contributed by atoms with E-state index < -0.39 is 129 Å². The van der Waals surface area contributed by atoms with Crippen LogP contribution in [-0.2, 0) is 23.7 Å². The van der Waals surface area contributed by atoms with Crippen molar-refractivity contribution in [3.63, 3.8) is 0 Å². The average molecular weight is 664 g/mol. The van der Waals surface area contributed by atoms with Crippen molar-refractivity contribution in [2.24, 2.45) is 28.9 Å². The molecule has 17 N–H and O–H groups in total. The first-order chi connectivity index (χ1) is 21.1. The monoisotopic (exact) mass is 663 g/mol. The van der Waals surface area contributed by atoms with Crippen molar-refractivity contribution in [3.05, 3.63) is 0 Å². The lowest BCUT2D eigenvalue weighted by atomic mass is 9.76. The maximum atomic E-state index is 14.0. The molecular weight excluding hydrogens is 616 g/mol. The van der Waals surface area contributed by atoms with Gasteiger partial charge in [0.05, 0.1) is 37.9 Å². The van der Waals surface area contributed by atoms with Gasteiger partial charge in [-0.3, -0.25) is 4.79 Å². The summed E-state index contributed by atoms with van der Waals surface area (Å²) in [4.78, 5) is 12.7. The molecule has 45 heavy (non-hydrogen) atoms. The number of rotatable bonds is 14. The van der Waals surface area contributed by atoms with E-state index in [0.717, 1.165) is 0 Å². The van der Waals surface area contributed by atoms with E-state index in [4.69, 9.17) is 47.0 Å². The second-order valence-corrected chi connectivity index (χ2v) is 11.7. The molecule has 3 aliphatic rings. The molecule has 16 atom stereocenters. The van der Waals surface area contributed by atoms with Crippen LogP contribution >= 0.6 is 0 Å². The van der Waals surface area contributed by atoms with Crippen LogP contribution in [0.4, 0.5) is 8.78 Å². The number of aliphatic hydroxyl groups excluding tert-OH is 8. The molecule has 3 fully saturated rings. The number of carbonyl (C=O) groups is 1. The van der Waals surface area contributed by atoms with Crippen molar-refractivity contribution < 1.29 is 73.4 Å². The van der Waals surface area contributed by atoms with Crippen molar-refractivity contribution in [1.82, 2.24) is 5.32 Å². The van der Waals surface area contributed by atoms with E-state index in [2.05, 4.69) is 5.32 Å². The maximum Gasteiger partial charge on any atom is 0.292 e. The molecule has 1 saturated carbocycles. The number of ether oxygens (including phenoxy) is 4. The highest BCUT2D eigenvalue weighted by molar-refractivity contribution is 5.84. The van der Waals surface area contributed by atoms with Crippen LogP contribution in [0.3, 0.4) is 0 Å². The summed E-state index contributed by atoms with van der Waals surface area (Å²) < 4.78 is 50.9. The van der Waals surface area contributed by atoms with Crippen LogP contribution in [0, 0.1) is 5.92 Å². The number of aliphatic hydroxyl groups is 8. The largest absolute Gasteiger partial charge is 0.395 e. The first kappa shape index (κ1) is 38.3. The minimum Gasteiger partial charge on any atom is -0.395 e. The summed E-state index contributed by atoms with van der Waals surface area (Å²) in [6, 6.07) is -3.89. The van der Waals surface area contributed by atoms with Gasteiger partial charge in [-0.2, -0.15) is 0 Å². The summed E-state index contributed by atoms with van der Waals surface area (Å²) in [6.07, 6.45) is -20.5. The maximum absolute atomic E-state index is 14.0. The molecule has 0 radical (unpaired) electrons. The van der Waals surface area contributed by atoms with E-state index in [0.29, 0.717) is 0 Å². The fourth-order valence-corrected chi connectivity index (χ4v) is 5.73. The van der Waals surface area contributed by atoms with Gasteiger partial charge in [0.25, 0.3) is 5.92 Å². The standard InChI is InChI=1S/C25H47F2N5O13/c26-25(27,7-28)22(41)10(35)4-8-3-9(29)21(45-23-14(31)17(38)16(37)11(42-23)5-32-1-2-33)19(40)20(8)44-24-18(39)13(30)15(36)12(6-34)43-24/h8-9,11-24,32-34,36-41H,1-7,28-31H2/t8-,9-,11+,12+,13-,14+,15+,16+,17+,18+,19+,20-,21?,22?,23+,24+/m0/s1. The van der Waals surface area contributed by atoms with Crippen LogP contribution in [0.2, 0.25) is 0 Å². The van der Waals surface area contributed by atoms with Crippen LogP contribution in [0.1, 0.15) is 12.8 Å². The molecule has 1 aliphatic carbocycles. The highest BCUT2D eigenvalue weighted by atomic mass is 19.3. The minimum absolute atomic E-state index is 0.0363. The van der Waals surface area contributed by atoms with Crippen LogP contribution in [0.25, 0.3) is 0 Å². The molecule has 0 bridgehead atoms. The lowest BCUT2D eigenvalue weighted by Gasteiger charge is -2.49. The van der Waals surface area contributed by atoms with E-state index in [9.17, 15) is 49.3 Å². The second-order valence-electron chi connectivity index (χ2n) is 11.7. The summed E-state index contributed by atoms with van der Waals surface area (Å²) >= 11 is 0. The number of Topliss-reactive ketones (excluding diaryl/α,β-unsaturated/α-hetero) is 1. The first-order valence-electron chi connectivity index (χ1n) is 14.6. The molecule has 0 aromatic rings. The molecule has 2 heterocycles. The normalized spacial score (nSPS) is 43.6. The molecule has 20 heteroatoms. The molecule has 0 spiro atoms. The Labute approximate surface area is 257 Å². The zero-order chi connectivity index (χ0) is 33.8. The van der Waals surface area contributed by atoms with Crippen LogP contribution in [0.5, 0.6) is 0 Å². The van der Waals surface area contributed by atoms with Gasteiger partial charge in [-0.15, -0.1) is 0 Å².